The predicted octanol–water partition coefficient (Wildman–Crippen LogP) is 6.00. The van der Waals surface area contributed by atoms with Gasteiger partial charge in [0.1, 0.15) is 0 Å². The summed E-state index contributed by atoms with van der Waals surface area (Å²) in [5.41, 5.74) is 6.17. The first-order valence-electron chi connectivity index (χ1n) is 14.0. The first kappa shape index (κ1) is 25.6. The lowest BCUT2D eigenvalue weighted by Gasteiger charge is -2.32. The minimum absolute atomic E-state index is 0.0791. The Morgan fingerprint density at radius 2 is 1.69 bits per heavy atom. The number of pyridine rings is 1. The lowest BCUT2D eigenvalue weighted by Crippen LogP contribution is -2.44. The van der Waals surface area contributed by atoms with Crippen LogP contribution >= 0.6 is 0 Å². The second kappa shape index (κ2) is 10.9. The van der Waals surface area contributed by atoms with Crippen LogP contribution in [0.15, 0.2) is 91.1 Å². The summed E-state index contributed by atoms with van der Waals surface area (Å²) in [7, 11) is 0. The predicted molar refractivity (Wildman–Crippen MR) is 162 cm³/mol. The molecule has 9 nitrogen and oxygen atoms in total. The molecule has 4 heterocycles. The van der Waals surface area contributed by atoms with E-state index in [1.165, 1.54) is 5.56 Å². The minimum Gasteiger partial charge on any atom is -0.349 e. The fourth-order valence-corrected chi connectivity index (χ4v) is 5.67. The molecule has 9 heteroatoms. The normalized spacial score (nSPS) is 14.5. The number of hydrogen-bond acceptors (Lipinski definition) is 6. The van der Waals surface area contributed by atoms with Gasteiger partial charge in [0, 0.05) is 48.6 Å². The highest BCUT2D eigenvalue weighted by Crippen LogP contribution is 2.39. The van der Waals surface area contributed by atoms with Gasteiger partial charge in [0.2, 0.25) is 0 Å². The van der Waals surface area contributed by atoms with Crippen LogP contribution in [0.25, 0.3) is 33.3 Å². The summed E-state index contributed by atoms with van der Waals surface area (Å²) < 4.78 is 2.08. The van der Waals surface area contributed by atoms with Gasteiger partial charge < -0.3 is 10.6 Å². The molecule has 3 aromatic carbocycles. The minimum atomic E-state index is -0.0791. The Bertz CT molecular complexity index is 1800. The van der Waals surface area contributed by atoms with Gasteiger partial charge in [0.25, 0.3) is 5.91 Å². The van der Waals surface area contributed by atoms with Gasteiger partial charge in [-0.1, -0.05) is 60.7 Å². The van der Waals surface area contributed by atoms with Crippen LogP contribution < -0.4 is 10.6 Å². The number of piperidine rings is 1. The molecule has 0 spiro atoms. The van der Waals surface area contributed by atoms with Crippen molar-refractivity contribution >= 4 is 23.1 Å². The first-order valence-corrected chi connectivity index (χ1v) is 14.0. The molecule has 7 rings (SSSR count). The Morgan fingerprint density at radius 1 is 0.929 bits per heavy atom. The van der Waals surface area contributed by atoms with E-state index in [-0.39, 0.29) is 11.9 Å². The number of para-hydroxylation sites is 1. The van der Waals surface area contributed by atoms with Gasteiger partial charge in [-0.3, -0.25) is 14.3 Å². The zero-order valence-corrected chi connectivity index (χ0v) is 22.9. The third kappa shape index (κ3) is 4.89. The molecule has 0 aliphatic carbocycles. The maximum Gasteiger partial charge on any atom is 0.251 e. The number of carbonyl (C=O) groups excluding carboxylic acids is 1. The van der Waals surface area contributed by atoms with Crippen LogP contribution in [0.1, 0.15) is 28.8 Å². The van der Waals surface area contributed by atoms with Crippen LogP contribution in [-0.4, -0.2) is 49.7 Å². The van der Waals surface area contributed by atoms with Gasteiger partial charge in [-0.15, -0.1) is 10.2 Å². The van der Waals surface area contributed by atoms with Gasteiger partial charge in [-0.05, 0) is 42.7 Å². The summed E-state index contributed by atoms with van der Waals surface area (Å²) in [4.78, 5) is 23.0. The van der Waals surface area contributed by atoms with Crippen molar-refractivity contribution in [2.24, 2.45) is 0 Å². The third-order valence-corrected chi connectivity index (χ3v) is 7.91. The molecular formula is C33H28N8O. The number of nitrogens with zero attached hydrogens (tertiary/aromatic N) is 6. The molecule has 0 bridgehead atoms. The van der Waals surface area contributed by atoms with Gasteiger partial charge >= 0.3 is 0 Å². The Balaban J connectivity index is 1.03. The number of hydrogen-bond donors (Lipinski definition) is 2. The maximum atomic E-state index is 12.6. The largest absolute Gasteiger partial charge is 0.349 e. The summed E-state index contributed by atoms with van der Waals surface area (Å²) in [5.74, 6) is 2.23. The summed E-state index contributed by atoms with van der Waals surface area (Å²) in [5, 5.41) is 15.8. The number of anilines is 2. The number of benzene rings is 3. The van der Waals surface area contributed by atoms with E-state index in [4.69, 9.17) is 6.57 Å². The average molecular weight is 553 g/mol. The highest BCUT2D eigenvalue weighted by atomic mass is 16.1. The van der Waals surface area contributed by atoms with Crippen molar-refractivity contribution in [2.75, 3.05) is 18.4 Å². The molecule has 2 aliphatic heterocycles. The van der Waals surface area contributed by atoms with E-state index in [2.05, 4.69) is 64.4 Å². The summed E-state index contributed by atoms with van der Waals surface area (Å²) in [6.07, 6.45) is 3.59. The molecule has 0 radical (unpaired) electrons. The van der Waals surface area contributed by atoms with Crippen molar-refractivity contribution in [3.8, 4) is 28.5 Å². The van der Waals surface area contributed by atoms with Gasteiger partial charge in [-0.25, -0.2) is 9.83 Å². The van der Waals surface area contributed by atoms with E-state index in [1.807, 2.05) is 36.4 Å². The third-order valence-electron chi connectivity index (χ3n) is 7.91. The van der Waals surface area contributed by atoms with Crippen LogP contribution in [0.4, 0.5) is 17.2 Å². The lowest BCUT2D eigenvalue weighted by molar-refractivity contribution is 0.0909. The zero-order valence-electron chi connectivity index (χ0n) is 22.9. The fraction of sp³-hybridized carbons (Fsp3) is 0.182. The molecular weight excluding hydrogens is 524 g/mol. The van der Waals surface area contributed by atoms with Crippen LogP contribution in [0.2, 0.25) is 0 Å². The van der Waals surface area contributed by atoms with Crippen molar-refractivity contribution in [1.29, 1.82) is 0 Å². The van der Waals surface area contributed by atoms with E-state index in [9.17, 15) is 4.79 Å². The van der Waals surface area contributed by atoms with Gasteiger partial charge in [0.15, 0.2) is 23.2 Å². The number of amides is 1. The van der Waals surface area contributed by atoms with Crippen LogP contribution in [0.5, 0.6) is 0 Å². The van der Waals surface area contributed by atoms with Crippen molar-refractivity contribution < 1.29 is 4.79 Å². The standard InChI is InChI=1S/C33H28N8O/c1-34-25-14-12-24(13-15-25)33(42)36-26-16-19-40(20-17-26)21-22-8-10-23(11-9-22)31-38-39-32-27-5-2-3-6-28(27)37-30-29(41(31)32)7-4-18-35-30/h2-15,18,26H,16-17,19-21H2,(H,35,37)(H,36,42). The van der Waals surface area contributed by atoms with E-state index in [0.717, 1.165) is 72.4 Å². The lowest BCUT2D eigenvalue weighted by atomic mass is 10.0. The second-order valence-electron chi connectivity index (χ2n) is 10.6. The molecule has 1 saturated heterocycles. The van der Waals surface area contributed by atoms with E-state index < -0.39 is 0 Å². The number of carbonyl (C=O) groups is 1. The summed E-state index contributed by atoms with van der Waals surface area (Å²) in [6.45, 7) is 9.74. The van der Waals surface area contributed by atoms with E-state index in [0.29, 0.717) is 11.3 Å². The first-order chi connectivity index (χ1) is 20.7. The monoisotopic (exact) mass is 552 g/mol. The van der Waals surface area contributed by atoms with Crippen molar-refractivity contribution in [3.63, 3.8) is 0 Å². The smallest absolute Gasteiger partial charge is 0.251 e. The molecule has 206 valence electrons. The Labute approximate surface area is 243 Å². The maximum absolute atomic E-state index is 12.6. The van der Waals surface area contributed by atoms with Gasteiger partial charge in [-0.2, -0.15) is 0 Å². The number of nitrogens with one attached hydrogen (secondary N) is 2. The topological polar surface area (TPSA) is 92.3 Å². The number of aromatic nitrogens is 4. The molecule has 0 atom stereocenters. The SMILES string of the molecule is [C-]#[N+]c1ccc(C(=O)NC2CCN(Cc3ccc(-c4nnc5n4-c4cccnc4Nc4ccccc4-5)cc3)CC2)cc1. The van der Waals surface area contributed by atoms with E-state index >= 15 is 0 Å². The summed E-state index contributed by atoms with van der Waals surface area (Å²) >= 11 is 0. The quantitative estimate of drug-likeness (QED) is 0.255. The zero-order chi connectivity index (χ0) is 28.5. The number of rotatable bonds is 5. The van der Waals surface area contributed by atoms with Gasteiger partial charge in [0.05, 0.1) is 17.9 Å². The number of fused-ring (bicyclic) bond motifs is 5. The molecule has 2 aliphatic rings. The van der Waals surface area contributed by atoms with Crippen LogP contribution in [-0.2, 0) is 6.54 Å². The average Bonchev–Trinajstić information content (AvgIpc) is 3.42. The summed E-state index contributed by atoms with van der Waals surface area (Å²) in [6, 6.07) is 27.5. The van der Waals surface area contributed by atoms with Crippen molar-refractivity contribution in [1.82, 2.24) is 30.0 Å². The fourth-order valence-electron chi connectivity index (χ4n) is 5.67. The van der Waals surface area contributed by atoms with Crippen molar-refractivity contribution in [2.45, 2.75) is 25.4 Å². The molecule has 2 N–H and O–H groups in total. The van der Waals surface area contributed by atoms with Crippen LogP contribution in [0, 0.1) is 6.57 Å². The highest BCUT2D eigenvalue weighted by Gasteiger charge is 2.25. The van der Waals surface area contributed by atoms with E-state index in [1.54, 1.807) is 30.5 Å². The molecule has 0 saturated carbocycles. The molecule has 1 fully saturated rings. The molecule has 2 aromatic heterocycles. The Hall–Kier alpha value is -5.33. The molecule has 42 heavy (non-hydrogen) atoms. The molecule has 1 amide bonds. The molecule has 5 aromatic rings. The second-order valence-corrected chi connectivity index (χ2v) is 10.6. The molecule has 0 unspecified atom stereocenters. The van der Waals surface area contributed by atoms with Crippen LogP contribution in [0.3, 0.4) is 0 Å². The van der Waals surface area contributed by atoms with Crippen molar-refractivity contribution in [3.05, 3.63) is 114 Å². The number of likely N-dealkylation sites (tertiary alicyclic amines) is 1. The Morgan fingerprint density at radius 3 is 2.48 bits per heavy atom. The Kier molecular flexibility index (Phi) is 6.66. The highest BCUT2D eigenvalue weighted by molar-refractivity contribution is 5.94.